The second kappa shape index (κ2) is 9.47. The molecular weight excluding hydrogens is 424 g/mol. The van der Waals surface area contributed by atoms with Crippen molar-refractivity contribution >= 4 is 20.0 Å². The van der Waals surface area contributed by atoms with Gasteiger partial charge in [-0.05, 0) is 68.7 Å². The van der Waals surface area contributed by atoms with Gasteiger partial charge in [-0.1, -0.05) is 18.6 Å². The molecule has 1 unspecified atom stereocenters. The standard InChI is InChI=1S/C21H28N2O5S2/c1-3-28-19-9-7-8-18(16-19)17(2)22-29(24,25)20-10-12-21(13-11-20)30(26,27)23-14-5-4-6-15-23/h7-13,16-17,22H,3-6,14-15H2,1-2H3. The van der Waals surface area contributed by atoms with Gasteiger partial charge in [0.25, 0.3) is 0 Å². The molecule has 9 heteroatoms. The molecule has 2 aromatic rings. The van der Waals surface area contributed by atoms with Crippen LogP contribution in [0.5, 0.6) is 5.75 Å². The number of ether oxygens (including phenoxy) is 1. The van der Waals surface area contributed by atoms with Crippen LogP contribution in [0.15, 0.2) is 58.3 Å². The van der Waals surface area contributed by atoms with Crippen LogP contribution in [0.1, 0.15) is 44.7 Å². The summed E-state index contributed by atoms with van der Waals surface area (Å²) in [6, 6.07) is 12.2. The predicted molar refractivity (Wildman–Crippen MR) is 115 cm³/mol. The summed E-state index contributed by atoms with van der Waals surface area (Å²) in [7, 11) is -7.42. The minimum Gasteiger partial charge on any atom is -0.494 e. The Morgan fingerprint density at radius 2 is 1.60 bits per heavy atom. The first-order valence-corrected chi connectivity index (χ1v) is 13.0. The van der Waals surface area contributed by atoms with Crippen LogP contribution >= 0.6 is 0 Å². The largest absolute Gasteiger partial charge is 0.494 e. The lowest BCUT2D eigenvalue weighted by atomic mass is 10.1. The van der Waals surface area contributed by atoms with Crippen molar-refractivity contribution in [2.75, 3.05) is 19.7 Å². The third kappa shape index (κ3) is 5.21. The molecule has 0 spiro atoms. The second-order valence-electron chi connectivity index (χ2n) is 7.28. The number of nitrogens with zero attached hydrogens (tertiary/aromatic N) is 1. The molecule has 1 N–H and O–H groups in total. The molecule has 2 aromatic carbocycles. The zero-order valence-corrected chi connectivity index (χ0v) is 18.9. The Morgan fingerprint density at radius 3 is 2.23 bits per heavy atom. The van der Waals surface area contributed by atoms with Crippen molar-refractivity contribution in [2.45, 2.75) is 48.9 Å². The van der Waals surface area contributed by atoms with Crippen molar-refractivity contribution in [3.05, 3.63) is 54.1 Å². The minimum absolute atomic E-state index is 0.0212. The first-order chi connectivity index (χ1) is 14.2. The SMILES string of the molecule is CCOc1cccc(C(C)NS(=O)(=O)c2ccc(S(=O)(=O)N3CCCCC3)cc2)c1. The number of sulfonamides is 2. The molecule has 1 atom stereocenters. The van der Waals surface area contributed by atoms with Gasteiger partial charge in [0, 0.05) is 19.1 Å². The third-order valence-electron chi connectivity index (χ3n) is 5.09. The Kier molecular flexibility index (Phi) is 7.18. The molecule has 164 valence electrons. The summed E-state index contributed by atoms with van der Waals surface area (Å²) in [5, 5.41) is 0. The summed E-state index contributed by atoms with van der Waals surface area (Å²) in [6.07, 6.45) is 2.72. The van der Waals surface area contributed by atoms with E-state index in [1.807, 2.05) is 25.1 Å². The van der Waals surface area contributed by atoms with Gasteiger partial charge in [-0.25, -0.2) is 21.6 Å². The molecule has 1 aliphatic rings. The van der Waals surface area contributed by atoms with Crippen LogP contribution in [-0.4, -0.2) is 40.8 Å². The topological polar surface area (TPSA) is 92.8 Å². The number of nitrogens with one attached hydrogen (secondary N) is 1. The predicted octanol–water partition coefficient (Wildman–Crippen LogP) is 3.30. The van der Waals surface area contributed by atoms with Crippen LogP contribution in [0.3, 0.4) is 0 Å². The number of rotatable bonds is 8. The van der Waals surface area contributed by atoms with E-state index in [-0.39, 0.29) is 9.79 Å². The number of hydrogen-bond donors (Lipinski definition) is 1. The number of hydrogen-bond acceptors (Lipinski definition) is 5. The lowest BCUT2D eigenvalue weighted by Crippen LogP contribution is -2.35. The molecule has 7 nitrogen and oxygen atoms in total. The van der Waals surface area contributed by atoms with E-state index in [0.29, 0.717) is 25.4 Å². The highest BCUT2D eigenvalue weighted by molar-refractivity contribution is 7.89. The van der Waals surface area contributed by atoms with E-state index in [2.05, 4.69) is 4.72 Å². The lowest BCUT2D eigenvalue weighted by molar-refractivity contribution is 0.339. The summed E-state index contributed by atoms with van der Waals surface area (Å²) in [4.78, 5) is 0.133. The van der Waals surface area contributed by atoms with Crippen LogP contribution in [0, 0.1) is 0 Å². The lowest BCUT2D eigenvalue weighted by Gasteiger charge is -2.25. The zero-order chi connectivity index (χ0) is 21.8. The molecule has 0 aliphatic carbocycles. The molecule has 1 fully saturated rings. The highest BCUT2D eigenvalue weighted by atomic mass is 32.2. The van der Waals surface area contributed by atoms with Crippen molar-refractivity contribution in [3.63, 3.8) is 0 Å². The first kappa shape index (κ1) is 22.7. The maximum absolute atomic E-state index is 12.8. The van der Waals surface area contributed by atoms with Crippen molar-refractivity contribution in [1.29, 1.82) is 0 Å². The molecule has 0 amide bonds. The van der Waals surface area contributed by atoms with Crippen molar-refractivity contribution in [1.82, 2.24) is 9.03 Å². The van der Waals surface area contributed by atoms with Gasteiger partial charge >= 0.3 is 0 Å². The van der Waals surface area contributed by atoms with Gasteiger partial charge in [0.1, 0.15) is 5.75 Å². The average molecular weight is 453 g/mol. The van der Waals surface area contributed by atoms with Crippen LogP contribution < -0.4 is 9.46 Å². The molecule has 3 rings (SSSR count). The Bertz CT molecular complexity index is 1060. The van der Waals surface area contributed by atoms with Crippen molar-refractivity contribution < 1.29 is 21.6 Å². The molecule has 1 aliphatic heterocycles. The van der Waals surface area contributed by atoms with Gasteiger partial charge in [-0.2, -0.15) is 4.31 Å². The molecule has 0 radical (unpaired) electrons. The Labute approximate surface area is 179 Å². The van der Waals surface area contributed by atoms with Crippen molar-refractivity contribution in [3.8, 4) is 5.75 Å². The van der Waals surface area contributed by atoms with Gasteiger partial charge in [0.2, 0.25) is 20.0 Å². The van der Waals surface area contributed by atoms with Crippen LogP contribution in [-0.2, 0) is 20.0 Å². The summed E-state index contributed by atoms with van der Waals surface area (Å²) in [5.74, 6) is 0.674. The van der Waals surface area contributed by atoms with Gasteiger partial charge in [-0.15, -0.1) is 0 Å². The van der Waals surface area contributed by atoms with E-state index >= 15 is 0 Å². The quantitative estimate of drug-likeness (QED) is 0.663. The molecule has 1 heterocycles. The van der Waals surface area contributed by atoms with Gasteiger partial charge in [0.15, 0.2) is 0 Å². The second-order valence-corrected chi connectivity index (χ2v) is 10.9. The summed E-state index contributed by atoms with van der Waals surface area (Å²) in [6.45, 7) is 5.16. The van der Waals surface area contributed by atoms with Crippen LogP contribution in [0.25, 0.3) is 0 Å². The number of benzene rings is 2. The van der Waals surface area contributed by atoms with Gasteiger partial charge in [0.05, 0.1) is 16.4 Å². The zero-order valence-electron chi connectivity index (χ0n) is 17.2. The van der Waals surface area contributed by atoms with Crippen LogP contribution in [0.2, 0.25) is 0 Å². The van der Waals surface area contributed by atoms with E-state index in [1.165, 1.54) is 28.6 Å². The Morgan fingerprint density at radius 1 is 0.967 bits per heavy atom. The molecule has 1 saturated heterocycles. The molecule has 0 saturated carbocycles. The fourth-order valence-corrected chi connectivity index (χ4v) is 6.20. The minimum atomic E-state index is -3.82. The van der Waals surface area contributed by atoms with E-state index in [1.54, 1.807) is 13.0 Å². The highest BCUT2D eigenvalue weighted by Crippen LogP contribution is 2.24. The molecule has 30 heavy (non-hydrogen) atoms. The summed E-state index contributed by atoms with van der Waals surface area (Å²) in [5.41, 5.74) is 0.772. The summed E-state index contributed by atoms with van der Waals surface area (Å²) < 4.78 is 60.6. The monoisotopic (exact) mass is 452 g/mol. The Hall–Kier alpha value is -1.94. The fourth-order valence-electron chi connectivity index (χ4n) is 3.45. The fraction of sp³-hybridized carbons (Fsp3) is 0.429. The average Bonchev–Trinajstić information content (AvgIpc) is 2.74. The van der Waals surface area contributed by atoms with Crippen LogP contribution in [0.4, 0.5) is 0 Å². The third-order valence-corrected chi connectivity index (χ3v) is 8.56. The molecular formula is C21H28N2O5S2. The van der Waals surface area contributed by atoms with Gasteiger partial charge < -0.3 is 4.74 Å². The van der Waals surface area contributed by atoms with E-state index in [9.17, 15) is 16.8 Å². The van der Waals surface area contributed by atoms with E-state index < -0.39 is 26.1 Å². The van der Waals surface area contributed by atoms with E-state index in [0.717, 1.165) is 24.8 Å². The number of piperidine rings is 1. The summed E-state index contributed by atoms with van der Waals surface area (Å²) >= 11 is 0. The smallest absolute Gasteiger partial charge is 0.243 e. The van der Waals surface area contributed by atoms with Crippen molar-refractivity contribution in [2.24, 2.45) is 0 Å². The maximum atomic E-state index is 12.8. The highest BCUT2D eigenvalue weighted by Gasteiger charge is 2.26. The molecule has 0 bridgehead atoms. The first-order valence-electron chi connectivity index (χ1n) is 10.1. The Balaban J connectivity index is 1.75. The van der Waals surface area contributed by atoms with E-state index in [4.69, 9.17) is 4.74 Å². The van der Waals surface area contributed by atoms with Gasteiger partial charge in [-0.3, -0.25) is 0 Å². The molecule has 0 aromatic heterocycles. The maximum Gasteiger partial charge on any atom is 0.243 e. The normalized spacial score (nSPS) is 16.9.